The van der Waals surface area contributed by atoms with Gasteiger partial charge >= 0.3 is 5.97 Å². The minimum atomic E-state index is -0.893. The number of rotatable bonds is 12. The number of carbonyl (C=O) groups is 4. The van der Waals surface area contributed by atoms with E-state index in [9.17, 15) is 19.2 Å². The molecule has 32 heavy (non-hydrogen) atoms. The van der Waals surface area contributed by atoms with Crippen LogP contribution >= 0.6 is 34.7 Å². The molecule has 1 unspecified atom stereocenters. The van der Waals surface area contributed by atoms with Crippen molar-refractivity contribution in [1.29, 1.82) is 0 Å². The van der Waals surface area contributed by atoms with E-state index in [1.165, 1.54) is 30.0 Å². The first kappa shape index (κ1) is 25.9. The minimum absolute atomic E-state index is 0.109. The van der Waals surface area contributed by atoms with E-state index in [0.717, 1.165) is 4.88 Å². The third kappa shape index (κ3) is 8.29. The zero-order chi connectivity index (χ0) is 23.5. The third-order valence-electron chi connectivity index (χ3n) is 4.35. The number of amides is 2. The topological polar surface area (TPSA) is 102 Å². The second kappa shape index (κ2) is 13.2. The van der Waals surface area contributed by atoms with E-state index < -0.39 is 24.5 Å². The number of ketones is 1. The molecule has 2 N–H and O–H groups in total. The van der Waals surface area contributed by atoms with E-state index in [4.69, 9.17) is 16.3 Å². The second-order valence-electron chi connectivity index (χ2n) is 6.82. The Balaban J connectivity index is 1.92. The summed E-state index contributed by atoms with van der Waals surface area (Å²) >= 11 is 8.89. The molecule has 10 heteroatoms. The molecule has 1 aromatic carbocycles. The summed E-state index contributed by atoms with van der Waals surface area (Å²) in [6.45, 7) is 1.52. The Kier molecular flexibility index (Phi) is 10.7. The number of hydrogen-bond donors (Lipinski definition) is 2. The van der Waals surface area contributed by atoms with E-state index in [0.29, 0.717) is 30.0 Å². The fraction of sp³-hybridized carbons (Fsp3) is 0.364. The number of thioether (sulfide) groups is 1. The van der Waals surface area contributed by atoms with Gasteiger partial charge in [-0.15, -0.1) is 11.3 Å². The third-order valence-corrected chi connectivity index (χ3v) is 6.51. The number of benzene rings is 1. The van der Waals surface area contributed by atoms with Gasteiger partial charge in [-0.3, -0.25) is 14.4 Å². The summed E-state index contributed by atoms with van der Waals surface area (Å²) in [5.74, 6) is -0.959. The predicted octanol–water partition coefficient (Wildman–Crippen LogP) is 3.36. The van der Waals surface area contributed by atoms with Gasteiger partial charge in [0.2, 0.25) is 11.7 Å². The Bertz CT molecular complexity index is 963. The molecule has 0 saturated heterocycles. The molecule has 172 valence electrons. The lowest BCUT2D eigenvalue weighted by molar-refractivity contribution is -0.144. The van der Waals surface area contributed by atoms with Gasteiger partial charge in [0.1, 0.15) is 6.04 Å². The molecule has 1 atom stereocenters. The SMILES string of the molecule is CSCCC(NC(=O)c1ccccc1Cl)C(=O)OCC(=O)c1ccc(CCNC(C)=O)s1. The summed E-state index contributed by atoms with van der Waals surface area (Å²) in [6.07, 6.45) is 2.86. The lowest BCUT2D eigenvalue weighted by atomic mass is 10.1. The van der Waals surface area contributed by atoms with E-state index in [1.54, 1.807) is 30.3 Å². The van der Waals surface area contributed by atoms with Gasteiger partial charge in [0, 0.05) is 18.3 Å². The lowest BCUT2D eigenvalue weighted by Crippen LogP contribution is -2.42. The number of halogens is 1. The predicted molar refractivity (Wildman–Crippen MR) is 128 cm³/mol. The second-order valence-corrected chi connectivity index (χ2v) is 9.38. The molecule has 1 heterocycles. The van der Waals surface area contributed by atoms with Crippen molar-refractivity contribution < 1.29 is 23.9 Å². The number of thiophene rings is 1. The number of hydrogen-bond acceptors (Lipinski definition) is 7. The normalized spacial score (nSPS) is 11.5. The standard InChI is InChI=1S/C22H25ClN2O5S2/c1-14(26)24-11-9-15-7-8-20(32-15)19(27)13-30-22(29)18(10-12-31-2)25-21(28)16-5-3-4-6-17(16)23/h3-8,18H,9-13H2,1-2H3,(H,24,26)(H,25,28). The average molecular weight is 497 g/mol. The average Bonchev–Trinajstić information content (AvgIpc) is 3.23. The van der Waals surface area contributed by atoms with Crippen LogP contribution in [0.25, 0.3) is 0 Å². The van der Waals surface area contributed by atoms with Gasteiger partial charge in [0.05, 0.1) is 15.5 Å². The smallest absolute Gasteiger partial charge is 0.329 e. The van der Waals surface area contributed by atoms with Crippen molar-refractivity contribution in [3.63, 3.8) is 0 Å². The molecule has 2 rings (SSSR count). The maximum absolute atomic E-state index is 12.6. The van der Waals surface area contributed by atoms with Crippen molar-refractivity contribution in [3.8, 4) is 0 Å². The van der Waals surface area contributed by atoms with E-state index in [1.807, 2.05) is 12.3 Å². The fourth-order valence-electron chi connectivity index (χ4n) is 2.70. The van der Waals surface area contributed by atoms with E-state index in [-0.39, 0.29) is 22.3 Å². The van der Waals surface area contributed by atoms with Crippen molar-refractivity contribution in [2.45, 2.75) is 25.8 Å². The molecule has 0 bridgehead atoms. The maximum atomic E-state index is 12.6. The van der Waals surface area contributed by atoms with Crippen molar-refractivity contribution in [2.24, 2.45) is 0 Å². The number of nitrogens with one attached hydrogen (secondary N) is 2. The van der Waals surface area contributed by atoms with E-state index in [2.05, 4.69) is 10.6 Å². The first-order chi connectivity index (χ1) is 15.3. The van der Waals surface area contributed by atoms with Crippen LogP contribution in [0, 0.1) is 0 Å². The van der Waals surface area contributed by atoms with Crippen LogP contribution in [0.4, 0.5) is 0 Å². The van der Waals surface area contributed by atoms with Crippen LogP contribution < -0.4 is 10.6 Å². The lowest BCUT2D eigenvalue weighted by Gasteiger charge is -2.17. The molecule has 7 nitrogen and oxygen atoms in total. The van der Waals surface area contributed by atoms with Gasteiger partial charge < -0.3 is 15.4 Å². The first-order valence-corrected chi connectivity index (χ1v) is 12.5. The van der Waals surface area contributed by atoms with Crippen LogP contribution in [-0.4, -0.2) is 54.8 Å². The number of esters is 1. The molecule has 2 aromatic rings. The summed E-state index contributed by atoms with van der Waals surface area (Å²) in [7, 11) is 0. The Hall–Kier alpha value is -2.36. The van der Waals surface area contributed by atoms with Crippen LogP contribution in [0.5, 0.6) is 0 Å². The molecular formula is C22H25ClN2O5S2. The van der Waals surface area contributed by atoms with Crippen LogP contribution in [0.3, 0.4) is 0 Å². The van der Waals surface area contributed by atoms with Crippen LogP contribution in [0.2, 0.25) is 5.02 Å². The van der Waals surface area contributed by atoms with Gasteiger partial charge in [-0.25, -0.2) is 4.79 Å². The fourth-order valence-corrected chi connectivity index (χ4v) is 4.32. The monoisotopic (exact) mass is 496 g/mol. The number of ether oxygens (including phenoxy) is 1. The number of Topliss-reactive ketones (excluding diaryl/α,β-unsaturated/α-hetero) is 1. The zero-order valence-electron chi connectivity index (χ0n) is 17.8. The molecule has 1 aromatic heterocycles. The van der Waals surface area contributed by atoms with Gasteiger partial charge in [-0.1, -0.05) is 23.7 Å². The Morgan fingerprint density at radius 2 is 1.91 bits per heavy atom. The molecule has 0 fully saturated rings. The van der Waals surface area contributed by atoms with Crippen LogP contribution in [0.15, 0.2) is 36.4 Å². The molecular weight excluding hydrogens is 472 g/mol. The van der Waals surface area contributed by atoms with Gasteiger partial charge in [-0.05, 0) is 49.1 Å². The summed E-state index contributed by atoms with van der Waals surface area (Å²) in [5.41, 5.74) is 0.262. The van der Waals surface area contributed by atoms with Crippen molar-refractivity contribution in [1.82, 2.24) is 10.6 Å². The Labute approximate surface area is 200 Å². The van der Waals surface area contributed by atoms with Crippen LogP contribution in [0.1, 0.15) is 38.3 Å². The van der Waals surface area contributed by atoms with Crippen molar-refractivity contribution in [2.75, 3.05) is 25.2 Å². The quantitative estimate of drug-likeness (QED) is 0.345. The summed E-state index contributed by atoms with van der Waals surface area (Å²) < 4.78 is 5.21. The summed E-state index contributed by atoms with van der Waals surface area (Å²) in [5, 5.41) is 5.64. The Morgan fingerprint density at radius 3 is 2.59 bits per heavy atom. The maximum Gasteiger partial charge on any atom is 0.329 e. The summed E-state index contributed by atoms with van der Waals surface area (Å²) in [6, 6.07) is 9.14. The highest BCUT2D eigenvalue weighted by molar-refractivity contribution is 7.98. The highest BCUT2D eigenvalue weighted by atomic mass is 35.5. The first-order valence-electron chi connectivity index (χ1n) is 9.89. The Morgan fingerprint density at radius 1 is 1.16 bits per heavy atom. The summed E-state index contributed by atoms with van der Waals surface area (Å²) in [4.78, 5) is 49.9. The van der Waals surface area contributed by atoms with Crippen molar-refractivity contribution >= 4 is 58.3 Å². The molecule has 0 saturated carbocycles. The van der Waals surface area contributed by atoms with Crippen molar-refractivity contribution in [3.05, 3.63) is 56.7 Å². The molecule has 0 aliphatic heterocycles. The molecule has 0 aliphatic carbocycles. The largest absolute Gasteiger partial charge is 0.456 e. The molecule has 0 radical (unpaired) electrons. The van der Waals surface area contributed by atoms with Gasteiger partial charge in [0.15, 0.2) is 6.61 Å². The molecule has 2 amide bonds. The highest BCUT2D eigenvalue weighted by Gasteiger charge is 2.24. The zero-order valence-corrected chi connectivity index (χ0v) is 20.2. The van der Waals surface area contributed by atoms with Gasteiger partial charge in [-0.2, -0.15) is 11.8 Å². The highest BCUT2D eigenvalue weighted by Crippen LogP contribution is 2.18. The minimum Gasteiger partial charge on any atom is -0.456 e. The number of carbonyl (C=O) groups excluding carboxylic acids is 4. The van der Waals surface area contributed by atoms with Gasteiger partial charge in [0.25, 0.3) is 5.91 Å². The molecule has 0 spiro atoms. The van der Waals surface area contributed by atoms with Crippen LogP contribution in [-0.2, 0) is 20.7 Å². The molecule has 0 aliphatic rings. The van der Waals surface area contributed by atoms with E-state index >= 15 is 0 Å².